The molecule has 1 aliphatic heterocycles. The zero-order chi connectivity index (χ0) is 16.2. The molecule has 1 heterocycles. The highest BCUT2D eigenvalue weighted by Gasteiger charge is 2.23. The molecule has 1 amide bonds. The summed E-state index contributed by atoms with van der Waals surface area (Å²) in [5, 5.41) is 9.02. The number of amides is 1. The zero-order valence-electron chi connectivity index (χ0n) is 12.7. The molecule has 3 rings (SSSR count). The van der Waals surface area contributed by atoms with E-state index in [1.54, 1.807) is 17.6 Å². The average Bonchev–Trinajstić information content (AvgIpc) is 3.10. The minimum absolute atomic E-state index is 0.410. The number of rotatable bonds is 4. The van der Waals surface area contributed by atoms with E-state index in [2.05, 4.69) is 4.90 Å². The van der Waals surface area contributed by atoms with Crippen LogP contribution in [0.15, 0.2) is 48.5 Å². The third-order valence-corrected chi connectivity index (χ3v) is 4.25. The second-order valence-corrected chi connectivity index (χ2v) is 5.75. The monoisotopic (exact) mass is 314 g/mol. The normalized spacial score (nSPS) is 15.5. The molecule has 0 saturated carbocycles. The van der Waals surface area contributed by atoms with E-state index in [-0.39, 0.29) is 0 Å². The summed E-state index contributed by atoms with van der Waals surface area (Å²) in [4.78, 5) is 14.4. The summed E-state index contributed by atoms with van der Waals surface area (Å²) < 4.78 is 13.5. The molecule has 0 aliphatic carbocycles. The van der Waals surface area contributed by atoms with Crippen molar-refractivity contribution in [3.8, 4) is 0 Å². The number of nitrogens with zero attached hydrogens (tertiary/aromatic N) is 1. The van der Waals surface area contributed by atoms with Crippen LogP contribution in [0.1, 0.15) is 29.9 Å². The molecule has 2 aromatic rings. The lowest BCUT2D eigenvalue weighted by Gasteiger charge is -2.20. The lowest BCUT2D eigenvalue weighted by Crippen LogP contribution is -2.27. The van der Waals surface area contributed by atoms with E-state index in [1.165, 1.54) is 25.0 Å². The standard InChI is InChI=1S/C18H19FN2O2/c19-15-5-3-4-14(12-15)17(18(22)20-23)13-6-8-16(9-7-13)21-10-1-2-11-21/h3-9,12,17,23H,1-2,10-11H2,(H,20,22). The topological polar surface area (TPSA) is 52.6 Å². The Morgan fingerprint density at radius 3 is 2.39 bits per heavy atom. The molecule has 1 unspecified atom stereocenters. The molecule has 5 heteroatoms. The Kier molecular flexibility index (Phi) is 4.57. The van der Waals surface area contributed by atoms with Crippen LogP contribution < -0.4 is 10.4 Å². The SMILES string of the molecule is O=C(NO)C(c1ccc(N2CCCC2)cc1)c1cccc(F)c1. The van der Waals surface area contributed by atoms with Crippen molar-refractivity contribution in [1.82, 2.24) is 5.48 Å². The van der Waals surface area contributed by atoms with Gasteiger partial charge in [-0.25, -0.2) is 9.87 Å². The first-order valence-electron chi connectivity index (χ1n) is 7.73. The summed E-state index contributed by atoms with van der Waals surface area (Å²) in [6.07, 6.45) is 2.39. The van der Waals surface area contributed by atoms with E-state index >= 15 is 0 Å². The second kappa shape index (κ2) is 6.79. The summed E-state index contributed by atoms with van der Waals surface area (Å²) >= 11 is 0. The molecule has 1 saturated heterocycles. The molecule has 1 aliphatic rings. The third-order valence-electron chi connectivity index (χ3n) is 4.25. The minimum Gasteiger partial charge on any atom is -0.372 e. The number of carbonyl (C=O) groups excluding carboxylic acids is 1. The molecule has 0 aromatic heterocycles. The number of hydrogen-bond acceptors (Lipinski definition) is 3. The van der Waals surface area contributed by atoms with Crippen LogP contribution in [0.4, 0.5) is 10.1 Å². The highest BCUT2D eigenvalue weighted by Crippen LogP contribution is 2.28. The minimum atomic E-state index is -0.747. The Balaban J connectivity index is 1.92. The van der Waals surface area contributed by atoms with Crippen LogP contribution >= 0.6 is 0 Å². The van der Waals surface area contributed by atoms with Crippen LogP contribution in [-0.2, 0) is 4.79 Å². The van der Waals surface area contributed by atoms with Crippen molar-refractivity contribution in [3.63, 3.8) is 0 Å². The first-order valence-corrected chi connectivity index (χ1v) is 7.73. The average molecular weight is 314 g/mol. The van der Waals surface area contributed by atoms with E-state index in [1.807, 2.05) is 24.3 Å². The van der Waals surface area contributed by atoms with Crippen LogP contribution in [-0.4, -0.2) is 24.2 Å². The fourth-order valence-electron chi connectivity index (χ4n) is 3.10. The molecule has 0 spiro atoms. The van der Waals surface area contributed by atoms with Crippen molar-refractivity contribution < 1.29 is 14.4 Å². The lowest BCUT2D eigenvalue weighted by atomic mass is 9.90. The van der Waals surface area contributed by atoms with Crippen LogP contribution in [0.3, 0.4) is 0 Å². The van der Waals surface area contributed by atoms with Gasteiger partial charge in [-0.2, -0.15) is 0 Å². The van der Waals surface area contributed by atoms with E-state index in [0.29, 0.717) is 11.1 Å². The fourth-order valence-corrected chi connectivity index (χ4v) is 3.10. The first-order chi connectivity index (χ1) is 11.2. The molecule has 1 fully saturated rings. The van der Waals surface area contributed by atoms with Crippen LogP contribution in [0.25, 0.3) is 0 Å². The number of anilines is 1. The van der Waals surface area contributed by atoms with Crippen molar-refractivity contribution in [2.45, 2.75) is 18.8 Å². The van der Waals surface area contributed by atoms with Crippen molar-refractivity contribution in [1.29, 1.82) is 0 Å². The molecular weight excluding hydrogens is 295 g/mol. The van der Waals surface area contributed by atoms with Gasteiger partial charge in [0.1, 0.15) is 5.82 Å². The molecule has 0 bridgehead atoms. The molecule has 4 nitrogen and oxygen atoms in total. The van der Waals surface area contributed by atoms with Crippen LogP contribution in [0.2, 0.25) is 0 Å². The highest BCUT2D eigenvalue weighted by molar-refractivity contribution is 5.86. The van der Waals surface area contributed by atoms with Crippen molar-refractivity contribution >= 4 is 11.6 Å². The highest BCUT2D eigenvalue weighted by atomic mass is 19.1. The second-order valence-electron chi connectivity index (χ2n) is 5.75. The van der Waals surface area contributed by atoms with Gasteiger partial charge in [0.05, 0.1) is 5.92 Å². The quantitative estimate of drug-likeness (QED) is 0.673. The van der Waals surface area contributed by atoms with E-state index in [4.69, 9.17) is 5.21 Å². The Labute approximate surface area is 134 Å². The number of nitrogens with one attached hydrogen (secondary N) is 1. The molecule has 120 valence electrons. The molecule has 23 heavy (non-hydrogen) atoms. The maximum atomic E-state index is 13.5. The van der Waals surface area contributed by atoms with Gasteiger partial charge < -0.3 is 4.90 Å². The molecular formula is C18H19FN2O2. The van der Waals surface area contributed by atoms with Gasteiger partial charge in [-0.15, -0.1) is 0 Å². The summed E-state index contributed by atoms with van der Waals surface area (Å²) in [7, 11) is 0. The van der Waals surface area contributed by atoms with Gasteiger partial charge in [-0.1, -0.05) is 24.3 Å². The van der Waals surface area contributed by atoms with Crippen LogP contribution in [0.5, 0.6) is 0 Å². The van der Waals surface area contributed by atoms with Crippen molar-refractivity contribution in [3.05, 3.63) is 65.5 Å². The van der Waals surface area contributed by atoms with Gasteiger partial charge in [0.2, 0.25) is 0 Å². The number of halogens is 1. The first kappa shape index (κ1) is 15.5. The molecule has 2 N–H and O–H groups in total. The fraction of sp³-hybridized carbons (Fsp3) is 0.278. The molecule has 0 radical (unpaired) electrons. The lowest BCUT2D eigenvalue weighted by molar-refractivity contribution is -0.129. The molecule has 2 aromatic carbocycles. The van der Waals surface area contributed by atoms with E-state index in [9.17, 15) is 9.18 Å². The van der Waals surface area contributed by atoms with Crippen molar-refractivity contribution in [2.75, 3.05) is 18.0 Å². The summed E-state index contributed by atoms with van der Waals surface area (Å²) in [5.41, 5.74) is 4.02. The van der Waals surface area contributed by atoms with Gasteiger partial charge in [-0.05, 0) is 48.2 Å². The predicted octanol–water partition coefficient (Wildman–Crippen LogP) is 3.06. The Bertz CT molecular complexity index is 682. The van der Waals surface area contributed by atoms with Gasteiger partial charge >= 0.3 is 0 Å². The largest absolute Gasteiger partial charge is 0.372 e. The summed E-state index contributed by atoms with van der Waals surface area (Å²) in [6.45, 7) is 2.09. The molecule has 1 atom stereocenters. The predicted molar refractivity (Wildman–Crippen MR) is 86.1 cm³/mol. The zero-order valence-corrected chi connectivity index (χ0v) is 12.7. The van der Waals surface area contributed by atoms with E-state index in [0.717, 1.165) is 18.8 Å². The van der Waals surface area contributed by atoms with Crippen molar-refractivity contribution in [2.24, 2.45) is 0 Å². The number of carbonyl (C=O) groups is 1. The number of hydroxylamine groups is 1. The smallest absolute Gasteiger partial charge is 0.255 e. The van der Waals surface area contributed by atoms with Gasteiger partial charge in [-0.3, -0.25) is 10.0 Å². The van der Waals surface area contributed by atoms with Gasteiger partial charge in [0.15, 0.2) is 0 Å². The summed E-state index contributed by atoms with van der Waals surface area (Å²) in [5.74, 6) is -1.74. The maximum absolute atomic E-state index is 13.5. The Morgan fingerprint density at radius 2 is 1.78 bits per heavy atom. The Hall–Kier alpha value is -2.40. The number of hydrogen-bond donors (Lipinski definition) is 2. The van der Waals surface area contributed by atoms with E-state index < -0.39 is 17.6 Å². The summed E-state index contributed by atoms with van der Waals surface area (Å²) in [6, 6.07) is 13.5. The number of benzene rings is 2. The van der Waals surface area contributed by atoms with Gasteiger partial charge in [0.25, 0.3) is 5.91 Å². The maximum Gasteiger partial charge on any atom is 0.255 e. The van der Waals surface area contributed by atoms with Crippen LogP contribution in [0, 0.1) is 5.82 Å². The Morgan fingerprint density at radius 1 is 1.09 bits per heavy atom. The van der Waals surface area contributed by atoms with Gasteiger partial charge in [0, 0.05) is 18.8 Å². The third kappa shape index (κ3) is 3.35.